The van der Waals surface area contributed by atoms with Crippen LogP contribution in [0.4, 0.5) is 0 Å². The summed E-state index contributed by atoms with van der Waals surface area (Å²) in [5, 5.41) is 0. The van der Waals surface area contributed by atoms with E-state index in [-0.39, 0.29) is 10.8 Å². The van der Waals surface area contributed by atoms with Gasteiger partial charge in [-0.1, -0.05) is 26.5 Å². The number of carbonyl (C=O) groups excluding carboxylic acids is 1. The molecular weight excluding hydrogens is 296 g/mol. The van der Waals surface area contributed by atoms with Gasteiger partial charge in [0.05, 0.1) is 6.61 Å². The van der Waals surface area contributed by atoms with E-state index in [1.807, 2.05) is 6.92 Å². The van der Waals surface area contributed by atoms with Crippen LogP contribution in [0.3, 0.4) is 0 Å². The van der Waals surface area contributed by atoms with Crippen LogP contribution in [0.2, 0.25) is 0 Å². The number of Topliss-reactive ketones (excluding diaryl/α,β-unsaturated/α-hetero) is 1. The summed E-state index contributed by atoms with van der Waals surface area (Å²) in [7, 11) is 0. The quantitative estimate of drug-likeness (QED) is 0.696. The second kappa shape index (κ2) is 5.34. The molecule has 2 fully saturated rings. The molecule has 0 heterocycles. The van der Waals surface area contributed by atoms with Crippen LogP contribution in [0.1, 0.15) is 59.3 Å². The molecule has 0 aromatic rings. The Balaban J connectivity index is 1.71. The first-order valence-corrected chi connectivity index (χ1v) is 9.66. The molecule has 2 saturated carbocycles. The van der Waals surface area contributed by atoms with Crippen molar-refractivity contribution in [1.29, 1.82) is 0 Å². The zero-order valence-corrected chi connectivity index (χ0v) is 15.4. The van der Waals surface area contributed by atoms with Crippen molar-refractivity contribution in [3.05, 3.63) is 35.6 Å². The number of rotatable bonds is 2. The highest BCUT2D eigenvalue weighted by molar-refractivity contribution is 5.87. The third-order valence-corrected chi connectivity index (χ3v) is 7.75. The summed E-state index contributed by atoms with van der Waals surface area (Å²) in [4.78, 5) is 12.5. The lowest BCUT2D eigenvalue weighted by Crippen LogP contribution is -2.49. The van der Waals surface area contributed by atoms with Crippen molar-refractivity contribution in [1.82, 2.24) is 0 Å². The second-order valence-corrected chi connectivity index (χ2v) is 8.83. The number of carbonyl (C=O) groups is 1. The van der Waals surface area contributed by atoms with Crippen LogP contribution in [-0.4, -0.2) is 12.4 Å². The Labute approximate surface area is 146 Å². The Morgan fingerprint density at radius 1 is 1.25 bits per heavy atom. The van der Waals surface area contributed by atoms with Gasteiger partial charge in [-0.25, -0.2) is 0 Å². The Morgan fingerprint density at radius 3 is 2.75 bits per heavy atom. The van der Waals surface area contributed by atoms with E-state index in [4.69, 9.17) is 4.74 Å². The minimum atomic E-state index is -0.0408. The second-order valence-electron chi connectivity index (χ2n) is 8.83. The maximum Gasteiger partial charge on any atom is 0.139 e. The normalized spacial score (nSPS) is 44.2. The molecule has 2 heteroatoms. The van der Waals surface area contributed by atoms with E-state index in [9.17, 15) is 4.79 Å². The van der Waals surface area contributed by atoms with Gasteiger partial charge in [0.25, 0.3) is 0 Å². The topological polar surface area (TPSA) is 26.3 Å². The summed E-state index contributed by atoms with van der Waals surface area (Å²) in [6.45, 7) is 11.7. The first-order chi connectivity index (χ1) is 11.4. The fraction of sp³-hybridized carbons (Fsp3) is 0.682. The molecule has 4 aliphatic carbocycles. The molecule has 0 aromatic carbocycles. The molecule has 24 heavy (non-hydrogen) atoms. The van der Waals surface area contributed by atoms with Gasteiger partial charge in [0.2, 0.25) is 0 Å². The molecule has 0 aliphatic heterocycles. The van der Waals surface area contributed by atoms with Gasteiger partial charge in [0.1, 0.15) is 11.5 Å². The van der Waals surface area contributed by atoms with Crippen molar-refractivity contribution >= 4 is 5.78 Å². The van der Waals surface area contributed by atoms with Gasteiger partial charge in [0.15, 0.2) is 0 Å². The molecule has 0 saturated heterocycles. The van der Waals surface area contributed by atoms with Gasteiger partial charge < -0.3 is 4.74 Å². The Bertz CT molecular complexity index is 655. The van der Waals surface area contributed by atoms with Gasteiger partial charge in [-0.2, -0.15) is 0 Å². The fourth-order valence-electron chi connectivity index (χ4n) is 6.42. The van der Waals surface area contributed by atoms with Gasteiger partial charge in [-0.05, 0) is 79.4 Å². The summed E-state index contributed by atoms with van der Waals surface area (Å²) in [5.74, 6) is 3.44. The first kappa shape index (κ1) is 16.2. The van der Waals surface area contributed by atoms with Crippen molar-refractivity contribution in [2.24, 2.45) is 28.6 Å². The number of hydrogen-bond donors (Lipinski definition) is 0. The maximum atomic E-state index is 12.5. The van der Waals surface area contributed by atoms with E-state index in [0.717, 1.165) is 43.4 Å². The van der Waals surface area contributed by atoms with E-state index < -0.39 is 0 Å². The average molecular weight is 326 g/mol. The van der Waals surface area contributed by atoms with Crippen molar-refractivity contribution in [2.75, 3.05) is 6.61 Å². The van der Waals surface area contributed by atoms with Gasteiger partial charge in [0, 0.05) is 11.8 Å². The maximum absolute atomic E-state index is 12.5. The van der Waals surface area contributed by atoms with Crippen molar-refractivity contribution in [3.63, 3.8) is 0 Å². The van der Waals surface area contributed by atoms with E-state index >= 15 is 0 Å². The first-order valence-electron chi connectivity index (χ1n) is 9.66. The smallest absolute Gasteiger partial charge is 0.139 e. The molecule has 0 amide bonds. The largest absolute Gasteiger partial charge is 0.494 e. The highest BCUT2D eigenvalue weighted by atomic mass is 16.5. The molecule has 0 radical (unpaired) electrons. The number of ketones is 1. The third kappa shape index (κ3) is 2.04. The monoisotopic (exact) mass is 326 g/mol. The summed E-state index contributed by atoms with van der Waals surface area (Å²) in [6, 6.07) is 0. The standard InChI is InChI=1S/C22H30O2/c1-5-24-19-12-15-6-7-16-17-8-9-20(23)21(17,3)11-10-18(16)22(15,4)13-14(19)2/h6,12,16-18H,2,5,7-11,13H2,1,3-4H3/t16-,17-,18-,21-,22-/m0/s1. The number of hydrogen-bond acceptors (Lipinski definition) is 2. The molecule has 130 valence electrons. The van der Waals surface area contributed by atoms with Crippen LogP contribution in [0.25, 0.3) is 0 Å². The predicted octanol–water partition coefficient (Wildman–Crippen LogP) is 5.21. The van der Waals surface area contributed by atoms with Crippen LogP contribution in [0.5, 0.6) is 0 Å². The minimum Gasteiger partial charge on any atom is -0.494 e. The van der Waals surface area contributed by atoms with Crippen LogP contribution < -0.4 is 0 Å². The fourth-order valence-corrected chi connectivity index (χ4v) is 6.42. The third-order valence-electron chi connectivity index (χ3n) is 7.75. The minimum absolute atomic E-state index is 0.0408. The summed E-state index contributed by atoms with van der Waals surface area (Å²) in [6.07, 6.45) is 11.0. The van der Waals surface area contributed by atoms with Gasteiger partial charge >= 0.3 is 0 Å². The van der Waals surface area contributed by atoms with Crippen molar-refractivity contribution in [2.45, 2.75) is 59.3 Å². The molecule has 4 aliphatic rings. The summed E-state index contributed by atoms with van der Waals surface area (Å²) < 4.78 is 5.80. The summed E-state index contributed by atoms with van der Waals surface area (Å²) in [5.41, 5.74) is 2.73. The van der Waals surface area contributed by atoms with E-state index in [1.165, 1.54) is 12.0 Å². The van der Waals surface area contributed by atoms with Crippen molar-refractivity contribution < 1.29 is 9.53 Å². The lowest BCUT2D eigenvalue weighted by molar-refractivity contribution is -0.131. The van der Waals surface area contributed by atoms with Crippen LogP contribution >= 0.6 is 0 Å². The molecular formula is C22H30O2. The molecule has 0 spiro atoms. The van der Waals surface area contributed by atoms with Gasteiger partial charge in [-0.3, -0.25) is 4.79 Å². The molecule has 2 nitrogen and oxygen atoms in total. The zero-order chi connectivity index (χ0) is 17.1. The van der Waals surface area contributed by atoms with Gasteiger partial charge in [-0.15, -0.1) is 0 Å². The highest BCUT2D eigenvalue weighted by Gasteiger charge is 2.58. The van der Waals surface area contributed by atoms with Crippen molar-refractivity contribution in [3.8, 4) is 0 Å². The predicted molar refractivity (Wildman–Crippen MR) is 96.3 cm³/mol. The van der Waals surface area contributed by atoms with Crippen LogP contribution in [0.15, 0.2) is 35.6 Å². The molecule has 0 aromatic heterocycles. The molecule has 0 N–H and O–H groups in total. The SMILES string of the molecule is C=C1C[C@@]2(C)C(=CC[C@@H]3[C@@H]2CC[C@]2(C)C(=O)CC[C@@H]32)C=C1OCC. The molecule has 0 bridgehead atoms. The zero-order valence-electron chi connectivity index (χ0n) is 15.4. The van der Waals surface area contributed by atoms with E-state index in [1.54, 1.807) is 0 Å². The number of ether oxygens (including phenoxy) is 1. The Morgan fingerprint density at radius 2 is 2.00 bits per heavy atom. The van der Waals surface area contributed by atoms with Crippen LogP contribution in [0, 0.1) is 28.6 Å². The molecule has 5 atom stereocenters. The molecule has 0 unspecified atom stereocenters. The van der Waals surface area contributed by atoms with E-state index in [0.29, 0.717) is 30.1 Å². The lowest BCUT2D eigenvalue weighted by atomic mass is 9.48. The lowest BCUT2D eigenvalue weighted by Gasteiger charge is -2.55. The Kier molecular flexibility index (Phi) is 3.60. The Hall–Kier alpha value is -1.31. The average Bonchev–Trinajstić information content (AvgIpc) is 2.84. The highest BCUT2D eigenvalue weighted by Crippen LogP contribution is 2.64. The van der Waals surface area contributed by atoms with Crippen LogP contribution in [-0.2, 0) is 9.53 Å². The summed E-state index contributed by atoms with van der Waals surface area (Å²) >= 11 is 0. The number of allylic oxidation sites excluding steroid dienone is 4. The van der Waals surface area contributed by atoms with E-state index in [2.05, 4.69) is 32.6 Å². The molecule has 4 rings (SSSR count). The number of fused-ring (bicyclic) bond motifs is 5.